The Morgan fingerprint density at radius 3 is 2.45 bits per heavy atom. The fourth-order valence-electron chi connectivity index (χ4n) is 0.623. The van der Waals surface area contributed by atoms with Crippen LogP contribution in [0.1, 0.15) is 13.8 Å². The Morgan fingerprint density at radius 2 is 2.18 bits per heavy atom. The molecule has 0 bridgehead atoms. The quantitative estimate of drug-likeness (QED) is 0.586. The lowest BCUT2D eigenvalue weighted by molar-refractivity contribution is -0.146. The third-order valence-electron chi connectivity index (χ3n) is 1.31. The molecule has 0 aliphatic carbocycles. The molecule has 11 heavy (non-hydrogen) atoms. The van der Waals surface area contributed by atoms with Crippen molar-refractivity contribution in [3.8, 4) is 0 Å². The first-order chi connectivity index (χ1) is 5.13. The Hall–Kier alpha value is 0.430. The molecule has 0 aromatic rings. The summed E-state index contributed by atoms with van der Waals surface area (Å²) < 4.78 is 4.86. The number of carbonyl (C=O) groups is 1. The zero-order valence-electron chi connectivity index (χ0n) is 6.64. The Labute approximate surface area is 83.9 Å². The van der Waals surface area contributed by atoms with Gasteiger partial charge in [-0.1, -0.05) is 38.8 Å². The zero-order valence-corrected chi connectivity index (χ0v) is 9.81. The summed E-state index contributed by atoms with van der Waals surface area (Å²) in [5, 5.41) is 0.637. The molecule has 0 amide bonds. The van der Waals surface area contributed by atoms with Gasteiger partial charge in [-0.25, -0.2) is 0 Å². The SMILES string of the molecule is CCOC(=O)C(CBr)C(C)Br. The summed E-state index contributed by atoms with van der Waals surface area (Å²) in [4.78, 5) is 11.3. The molecule has 2 unspecified atom stereocenters. The summed E-state index contributed by atoms with van der Waals surface area (Å²) in [5.74, 6) is -0.233. The molecule has 0 aromatic carbocycles. The lowest BCUT2D eigenvalue weighted by Crippen LogP contribution is -2.25. The lowest BCUT2D eigenvalue weighted by Gasteiger charge is -2.14. The van der Waals surface area contributed by atoms with Crippen molar-refractivity contribution in [2.75, 3.05) is 11.9 Å². The summed E-state index contributed by atoms with van der Waals surface area (Å²) >= 11 is 6.60. The van der Waals surface area contributed by atoms with E-state index in [1.165, 1.54) is 0 Å². The fraction of sp³-hybridized carbons (Fsp3) is 0.857. The highest BCUT2D eigenvalue weighted by Crippen LogP contribution is 2.16. The average molecular weight is 288 g/mol. The molecular formula is C7H12Br2O2. The van der Waals surface area contributed by atoms with Crippen LogP contribution in [0.5, 0.6) is 0 Å². The normalized spacial score (nSPS) is 15.6. The molecule has 0 aliphatic heterocycles. The second-order valence-electron chi connectivity index (χ2n) is 2.19. The summed E-state index contributed by atoms with van der Waals surface area (Å²) in [6.45, 7) is 4.19. The van der Waals surface area contributed by atoms with Gasteiger partial charge in [0.05, 0.1) is 12.5 Å². The van der Waals surface area contributed by atoms with E-state index in [4.69, 9.17) is 4.74 Å². The van der Waals surface area contributed by atoms with Crippen LogP contribution in [0.2, 0.25) is 0 Å². The van der Waals surface area contributed by atoms with Gasteiger partial charge in [-0.15, -0.1) is 0 Å². The van der Waals surface area contributed by atoms with E-state index < -0.39 is 0 Å². The van der Waals surface area contributed by atoms with Gasteiger partial charge in [0.15, 0.2) is 0 Å². The van der Waals surface area contributed by atoms with Crippen LogP contribution < -0.4 is 0 Å². The number of rotatable bonds is 4. The number of halogens is 2. The number of carbonyl (C=O) groups excluding carboxylic acids is 1. The molecule has 0 saturated heterocycles. The Bertz CT molecular complexity index is 126. The molecule has 0 rings (SSSR count). The molecule has 0 saturated carbocycles. The molecule has 0 fully saturated rings. The van der Waals surface area contributed by atoms with Crippen molar-refractivity contribution in [1.29, 1.82) is 0 Å². The highest BCUT2D eigenvalue weighted by Gasteiger charge is 2.22. The Morgan fingerprint density at radius 1 is 1.64 bits per heavy atom. The molecule has 66 valence electrons. The molecular weight excluding hydrogens is 276 g/mol. The van der Waals surface area contributed by atoms with E-state index in [-0.39, 0.29) is 16.7 Å². The van der Waals surface area contributed by atoms with Gasteiger partial charge in [0, 0.05) is 10.2 Å². The van der Waals surface area contributed by atoms with E-state index in [1.807, 2.05) is 13.8 Å². The zero-order chi connectivity index (χ0) is 8.85. The number of ether oxygens (including phenoxy) is 1. The first-order valence-corrected chi connectivity index (χ1v) is 5.53. The van der Waals surface area contributed by atoms with E-state index in [0.717, 1.165) is 0 Å². The maximum Gasteiger partial charge on any atom is 0.310 e. The van der Waals surface area contributed by atoms with Crippen LogP contribution in [-0.4, -0.2) is 22.7 Å². The molecule has 0 aromatic heterocycles. The average Bonchev–Trinajstić information content (AvgIpc) is 1.88. The maximum absolute atomic E-state index is 11.1. The van der Waals surface area contributed by atoms with Crippen molar-refractivity contribution in [2.45, 2.75) is 18.7 Å². The minimum Gasteiger partial charge on any atom is -0.466 e. The van der Waals surface area contributed by atoms with E-state index >= 15 is 0 Å². The predicted molar refractivity (Wildman–Crippen MR) is 52.3 cm³/mol. The summed E-state index contributed by atoms with van der Waals surface area (Å²) in [6.07, 6.45) is 0. The van der Waals surface area contributed by atoms with Crippen LogP contribution >= 0.6 is 31.9 Å². The van der Waals surface area contributed by atoms with Gasteiger partial charge >= 0.3 is 5.97 Å². The van der Waals surface area contributed by atoms with Gasteiger partial charge in [0.1, 0.15) is 0 Å². The van der Waals surface area contributed by atoms with Crippen molar-refractivity contribution in [3.63, 3.8) is 0 Å². The second-order valence-corrected chi connectivity index (χ2v) is 4.28. The first-order valence-electron chi connectivity index (χ1n) is 3.50. The first kappa shape index (κ1) is 11.4. The molecule has 0 aliphatic rings. The van der Waals surface area contributed by atoms with Crippen LogP contribution in [-0.2, 0) is 9.53 Å². The van der Waals surface area contributed by atoms with E-state index in [9.17, 15) is 4.79 Å². The van der Waals surface area contributed by atoms with Crippen LogP contribution in [0.3, 0.4) is 0 Å². The van der Waals surface area contributed by atoms with Crippen molar-refractivity contribution in [2.24, 2.45) is 5.92 Å². The summed E-state index contributed by atoms with van der Waals surface area (Å²) in [7, 11) is 0. The van der Waals surface area contributed by atoms with Crippen LogP contribution in [0, 0.1) is 5.92 Å². The van der Waals surface area contributed by atoms with Crippen LogP contribution in [0.4, 0.5) is 0 Å². The molecule has 0 heterocycles. The van der Waals surface area contributed by atoms with E-state index in [1.54, 1.807) is 0 Å². The maximum atomic E-state index is 11.1. The van der Waals surface area contributed by atoms with Gasteiger partial charge in [-0.3, -0.25) is 4.79 Å². The molecule has 0 N–H and O–H groups in total. The van der Waals surface area contributed by atoms with Crippen molar-refractivity contribution >= 4 is 37.8 Å². The number of esters is 1. The topological polar surface area (TPSA) is 26.3 Å². The van der Waals surface area contributed by atoms with Crippen LogP contribution in [0.25, 0.3) is 0 Å². The highest BCUT2D eigenvalue weighted by molar-refractivity contribution is 9.10. The van der Waals surface area contributed by atoms with Crippen molar-refractivity contribution < 1.29 is 9.53 Å². The van der Waals surface area contributed by atoms with Crippen molar-refractivity contribution in [3.05, 3.63) is 0 Å². The molecule has 0 spiro atoms. The van der Waals surface area contributed by atoms with Gasteiger partial charge < -0.3 is 4.74 Å². The van der Waals surface area contributed by atoms with Gasteiger partial charge in [0.25, 0.3) is 0 Å². The van der Waals surface area contributed by atoms with Gasteiger partial charge in [0.2, 0.25) is 0 Å². The van der Waals surface area contributed by atoms with E-state index in [2.05, 4.69) is 31.9 Å². The predicted octanol–water partition coefficient (Wildman–Crippen LogP) is 2.34. The number of alkyl halides is 2. The molecule has 2 nitrogen and oxygen atoms in total. The molecule has 2 atom stereocenters. The smallest absolute Gasteiger partial charge is 0.310 e. The van der Waals surface area contributed by atoms with Gasteiger partial charge in [-0.2, -0.15) is 0 Å². The third-order valence-corrected chi connectivity index (χ3v) is 2.65. The second kappa shape index (κ2) is 6.00. The number of hydrogen-bond donors (Lipinski definition) is 0. The third kappa shape index (κ3) is 4.11. The Balaban J connectivity index is 3.92. The highest BCUT2D eigenvalue weighted by atomic mass is 79.9. The minimum atomic E-state index is -0.145. The summed E-state index contributed by atoms with van der Waals surface area (Å²) in [6, 6.07) is 0. The Kier molecular flexibility index (Phi) is 6.24. The monoisotopic (exact) mass is 286 g/mol. The van der Waals surface area contributed by atoms with E-state index in [0.29, 0.717) is 11.9 Å². The van der Waals surface area contributed by atoms with Crippen molar-refractivity contribution in [1.82, 2.24) is 0 Å². The van der Waals surface area contributed by atoms with Crippen LogP contribution in [0.15, 0.2) is 0 Å². The number of hydrogen-bond acceptors (Lipinski definition) is 2. The standard InChI is InChI=1S/C7H12Br2O2/c1-3-11-7(10)6(4-8)5(2)9/h5-6H,3-4H2,1-2H3. The van der Waals surface area contributed by atoms with Gasteiger partial charge in [-0.05, 0) is 6.92 Å². The lowest BCUT2D eigenvalue weighted by atomic mass is 10.1. The minimum absolute atomic E-state index is 0.0880. The molecule has 4 heteroatoms. The largest absolute Gasteiger partial charge is 0.466 e. The fourth-order valence-corrected chi connectivity index (χ4v) is 2.35. The summed E-state index contributed by atoms with van der Waals surface area (Å²) in [5.41, 5.74) is 0. The molecule has 0 radical (unpaired) electrons.